The third-order valence-electron chi connectivity index (χ3n) is 15.6. The summed E-state index contributed by atoms with van der Waals surface area (Å²) in [7, 11) is -1.69. The molecule has 0 radical (unpaired) electrons. The highest BCUT2D eigenvalue weighted by atomic mass is 19.1. The second-order valence-corrected chi connectivity index (χ2v) is 21.1. The SMILES string of the molecule is CC(C)C[C@H](NC(=O)[C@H](Cc1ccccc1)NC(=O)c1cnccn1)B(O)O.C[C@@H]1C[C@H]2[C@@H]3CCC4=CC(=O)C=C[C@]4(C)[C@@]3(F)[C@@H](O)C[C@]2(C)[C@@]1(O)C(=O)CO.O=C(CCCCCCC(=O)Nc1ccccc1)NO. The Morgan fingerprint density at radius 2 is 1.53 bits per heavy atom. The largest absolute Gasteiger partial charge is 0.475 e. The van der Waals surface area contributed by atoms with E-state index in [1.807, 2.05) is 74.5 Å². The van der Waals surface area contributed by atoms with E-state index in [-0.39, 0.29) is 48.0 Å². The molecule has 18 nitrogen and oxygen atoms in total. The van der Waals surface area contributed by atoms with Crippen molar-refractivity contribution in [1.82, 2.24) is 26.1 Å². The first-order chi connectivity index (χ1) is 35.5. The van der Waals surface area contributed by atoms with E-state index in [4.69, 9.17) is 5.21 Å². The molecule has 0 aliphatic heterocycles. The summed E-state index contributed by atoms with van der Waals surface area (Å²) < 4.78 is 16.9. The molecule has 3 fully saturated rings. The Hall–Kier alpha value is -6.03. The molecule has 0 spiro atoms. The van der Waals surface area contributed by atoms with E-state index in [2.05, 4.69) is 25.9 Å². The number of allylic oxidation sites excluding steroid dienone is 4. The maximum absolute atomic E-state index is 16.9. The minimum Gasteiger partial charge on any atom is -0.426 e. The number of para-hydroxylation sites is 1. The highest BCUT2D eigenvalue weighted by molar-refractivity contribution is 6.43. The van der Waals surface area contributed by atoms with Gasteiger partial charge in [-0.25, -0.2) is 14.9 Å². The van der Waals surface area contributed by atoms with Gasteiger partial charge in [0.05, 0.1) is 18.2 Å². The molecule has 2 aromatic carbocycles. The number of carbonyl (C=O) groups is 6. The summed E-state index contributed by atoms with van der Waals surface area (Å²) in [6.45, 7) is 8.31. The summed E-state index contributed by atoms with van der Waals surface area (Å²) in [6, 6.07) is 17.7. The molecule has 3 saturated carbocycles. The maximum atomic E-state index is 16.9. The van der Waals surface area contributed by atoms with Crippen molar-refractivity contribution in [2.24, 2.45) is 34.5 Å². The first-order valence-electron chi connectivity index (χ1n) is 25.8. The number of halogens is 1. The smallest absolute Gasteiger partial charge is 0.426 e. The minimum atomic E-state index is -1.98. The van der Waals surface area contributed by atoms with Crippen molar-refractivity contribution in [1.29, 1.82) is 0 Å². The normalized spacial score (nSPS) is 26.9. The van der Waals surface area contributed by atoms with E-state index in [9.17, 15) is 54.1 Å². The van der Waals surface area contributed by atoms with Crippen molar-refractivity contribution in [3.05, 3.63) is 114 Å². The fourth-order valence-corrected chi connectivity index (χ4v) is 11.7. The van der Waals surface area contributed by atoms with E-state index in [1.54, 1.807) is 32.3 Å². The van der Waals surface area contributed by atoms with Crippen LogP contribution >= 0.6 is 0 Å². The first-order valence-corrected chi connectivity index (χ1v) is 25.8. The van der Waals surface area contributed by atoms with Crippen LogP contribution in [0.15, 0.2) is 103 Å². The lowest BCUT2D eigenvalue weighted by Crippen LogP contribution is -2.69. The molecule has 0 bridgehead atoms. The highest BCUT2D eigenvalue weighted by Gasteiger charge is 2.75. The zero-order valence-electron chi connectivity index (χ0n) is 43.5. The van der Waals surface area contributed by atoms with Crippen molar-refractivity contribution in [2.75, 3.05) is 11.9 Å². The molecule has 1 aromatic heterocycles. The topological polar surface area (TPSA) is 298 Å². The fourth-order valence-electron chi connectivity index (χ4n) is 11.7. The molecule has 20 heteroatoms. The second kappa shape index (κ2) is 26.6. The van der Waals surface area contributed by atoms with Gasteiger partial charge >= 0.3 is 7.12 Å². The molecule has 3 aromatic rings. The van der Waals surface area contributed by atoms with Crippen LogP contribution in [0.25, 0.3) is 0 Å². The monoisotopic (exact) mass is 1040 g/mol. The molecule has 10 N–H and O–H groups in total. The number of fused-ring (bicyclic) bond motifs is 5. The van der Waals surface area contributed by atoms with E-state index in [0.717, 1.165) is 36.9 Å². The number of carbonyl (C=O) groups excluding carboxylic acids is 6. The lowest BCUT2D eigenvalue weighted by atomic mass is 9.44. The van der Waals surface area contributed by atoms with Gasteiger partial charge < -0.3 is 41.3 Å². The van der Waals surface area contributed by atoms with Crippen LogP contribution in [0.2, 0.25) is 0 Å². The van der Waals surface area contributed by atoms with Crippen molar-refractivity contribution >= 4 is 48.0 Å². The number of ketones is 2. The summed E-state index contributed by atoms with van der Waals surface area (Å²) in [5.74, 6) is -4.19. The van der Waals surface area contributed by atoms with Gasteiger partial charge in [-0.2, -0.15) is 0 Å². The molecule has 1 heterocycles. The Morgan fingerprint density at radius 3 is 2.12 bits per heavy atom. The summed E-state index contributed by atoms with van der Waals surface area (Å²) in [4.78, 5) is 79.8. The zero-order valence-corrected chi connectivity index (χ0v) is 43.5. The van der Waals surface area contributed by atoms with Crippen LogP contribution in [0.5, 0.6) is 0 Å². The predicted molar refractivity (Wildman–Crippen MR) is 278 cm³/mol. The number of unbranched alkanes of at least 4 members (excludes halogenated alkanes) is 3. The fraction of sp³-hybridized carbons (Fsp3) is 0.527. The number of nitrogens with one attached hydrogen (secondary N) is 4. The van der Waals surface area contributed by atoms with Crippen LogP contribution < -0.4 is 21.4 Å². The molecule has 4 amide bonds. The van der Waals surface area contributed by atoms with Gasteiger partial charge in [-0.05, 0) is 99.5 Å². The number of benzene rings is 2. The van der Waals surface area contributed by atoms with Gasteiger partial charge in [0.15, 0.2) is 17.2 Å². The number of alkyl halides is 1. The maximum Gasteiger partial charge on any atom is 0.475 e. The van der Waals surface area contributed by atoms with Crippen molar-refractivity contribution in [3.8, 4) is 0 Å². The highest BCUT2D eigenvalue weighted by Crippen LogP contribution is 2.70. The van der Waals surface area contributed by atoms with E-state index in [0.29, 0.717) is 44.1 Å². The zero-order chi connectivity index (χ0) is 55.1. The van der Waals surface area contributed by atoms with Crippen LogP contribution in [-0.4, -0.2) is 119 Å². The Kier molecular flexibility index (Phi) is 21.3. The van der Waals surface area contributed by atoms with Crippen molar-refractivity contribution in [3.63, 3.8) is 0 Å². The Balaban J connectivity index is 0.000000213. The quantitative estimate of drug-likeness (QED) is 0.0336. The average Bonchev–Trinajstić information content (AvgIpc) is 3.60. The van der Waals surface area contributed by atoms with Gasteiger partial charge in [0.25, 0.3) is 5.91 Å². The molecule has 4 aliphatic rings. The van der Waals surface area contributed by atoms with Crippen LogP contribution in [0, 0.1) is 34.5 Å². The van der Waals surface area contributed by atoms with E-state index >= 15 is 4.39 Å². The molecule has 0 unspecified atom stereocenters. The number of hydroxylamine groups is 1. The van der Waals surface area contributed by atoms with Gasteiger partial charge in [0.1, 0.15) is 23.9 Å². The number of aromatic nitrogens is 2. The van der Waals surface area contributed by atoms with Crippen LogP contribution in [0.4, 0.5) is 10.1 Å². The second-order valence-electron chi connectivity index (χ2n) is 21.1. The molecular formula is C55H74BFN6O12. The van der Waals surface area contributed by atoms with E-state index in [1.165, 1.54) is 30.7 Å². The molecule has 0 saturated heterocycles. The van der Waals surface area contributed by atoms with E-state index < -0.39 is 83.3 Å². The number of Topliss-reactive ketones (excluding diaryl/α,β-unsaturated/α-hetero) is 1. The minimum absolute atomic E-state index is 0.0132. The summed E-state index contributed by atoms with van der Waals surface area (Å²) in [6.07, 6.45) is 13.4. The number of aliphatic hydroxyl groups is 3. The number of hydrogen-bond acceptors (Lipinski definition) is 14. The Bertz CT molecular complexity index is 2490. The molecular weight excluding hydrogens is 966 g/mol. The number of anilines is 1. The predicted octanol–water partition coefficient (Wildman–Crippen LogP) is 4.73. The van der Waals surface area contributed by atoms with Crippen molar-refractivity contribution in [2.45, 2.75) is 141 Å². The third-order valence-corrected chi connectivity index (χ3v) is 15.6. The lowest BCUT2D eigenvalue weighted by Gasteiger charge is -2.62. The number of nitrogens with zero attached hydrogens (tertiary/aromatic N) is 2. The van der Waals surface area contributed by atoms with Crippen LogP contribution in [0.3, 0.4) is 0 Å². The van der Waals surface area contributed by atoms with Gasteiger partial charge in [0, 0.05) is 54.1 Å². The number of rotatable bonds is 19. The van der Waals surface area contributed by atoms with Gasteiger partial charge in [0.2, 0.25) is 17.7 Å². The molecule has 4 aliphatic carbocycles. The third kappa shape index (κ3) is 14.1. The Labute approximate surface area is 438 Å². The molecule has 75 heavy (non-hydrogen) atoms. The number of amides is 4. The van der Waals surface area contributed by atoms with Gasteiger partial charge in [-0.3, -0.25) is 39.0 Å². The number of aliphatic hydroxyl groups excluding tert-OH is 2. The first kappa shape index (κ1) is 59.8. The lowest BCUT2D eigenvalue weighted by molar-refractivity contribution is -0.219. The standard InChI is InChI=1S/C22H29FO5.C19H25BN4O4.C14H20N2O3/c1-12-8-16-15-5-4-13-9-14(25)6-7-19(13,2)21(15,23)17(26)10-20(16,3)22(12,28)18(27)11-24;1-13(2)10-17(20(27)28)24-18(25)15(11-14-6-4-3-5-7-14)23-19(26)16-12-21-8-9-22-16;17-13(15-12-8-4-3-5-9-12)10-6-1-2-7-11-14(18)16-19/h6-7,9,12,15-17,24,26,28H,4-5,8,10-11H2,1-3H3;3-9,12-13,15,17,27-28H,10-11H2,1-2H3,(H,23,26)(H,24,25);3-5,8-9,19H,1-2,6-7,10-11H2,(H,15,17)(H,16,18)/t12-,15+,16+,17+,19+,20+,21+,22+;15-,17-;/m10./s1. The van der Waals surface area contributed by atoms with Crippen molar-refractivity contribution < 1.29 is 63.7 Å². The molecule has 7 rings (SSSR count). The Morgan fingerprint density at radius 1 is 0.893 bits per heavy atom. The van der Waals surface area contributed by atoms with Crippen LogP contribution in [0.1, 0.15) is 121 Å². The molecule has 10 atom stereocenters. The average molecular weight is 1040 g/mol. The van der Waals surface area contributed by atoms with Gasteiger partial charge in [-0.15, -0.1) is 0 Å². The van der Waals surface area contributed by atoms with Gasteiger partial charge in [-0.1, -0.05) is 101 Å². The summed E-state index contributed by atoms with van der Waals surface area (Å²) in [5.41, 5.74) is -1.81. The number of hydrogen-bond donors (Lipinski definition) is 10. The molecule has 406 valence electrons. The summed E-state index contributed by atoms with van der Waals surface area (Å²) in [5, 5.41) is 67.5. The van der Waals surface area contributed by atoms with Crippen LogP contribution in [-0.2, 0) is 30.4 Å². The summed E-state index contributed by atoms with van der Waals surface area (Å²) >= 11 is 0.